The van der Waals surface area contributed by atoms with E-state index in [-0.39, 0.29) is 25.5 Å². The third-order valence-electron chi connectivity index (χ3n) is 5.28. The maximum atomic E-state index is 12.8. The van der Waals surface area contributed by atoms with E-state index >= 15 is 0 Å². The van der Waals surface area contributed by atoms with E-state index in [9.17, 15) is 4.79 Å². The van der Waals surface area contributed by atoms with Crippen LogP contribution in [0.5, 0.6) is 5.75 Å². The molecule has 1 N–H and O–H groups in total. The van der Waals surface area contributed by atoms with Crippen LogP contribution in [0.1, 0.15) is 38.9 Å². The minimum atomic E-state index is 0. The zero-order valence-corrected chi connectivity index (χ0v) is 19.0. The first-order valence-corrected chi connectivity index (χ1v) is 10.9. The maximum absolute atomic E-state index is 12.8. The highest BCUT2D eigenvalue weighted by Crippen LogP contribution is 2.28. The fourth-order valence-electron chi connectivity index (χ4n) is 3.69. The van der Waals surface area contributed by atoms with Crippen molar-refractivity contribution in [3.05, 3.63) is 87.6 Å². The molecule has 1 aromatic heterocycles. The average molecular weight is 441 g/mol. The number of benzene rings is 2. The highest BCUT2D eigenvalue weighted by molar-refractivity contribution is 7.59. The summed E-state index contributed by atoms with van der Waals surface area (Å²) in [5.74, 6) is 0.982. The molecule has 3 aromatic rings. The number of hydrogen-bond donors (Lipinski definition) is 1. The average Bonchev–Trinajstić information content (AvgIpc) is 3.29. The molecule has 1 atom stereocenters. The van der Waals surface area contributed by atoms with Crippen molar-refractivity contribution >= 4 is 30.7 Å². The first-order valence-electron chi connectivity index (χ1n) is 10.1. The van der Waals surface area contributed by atoms with Crippen LogP contribution in [-0.2, 0) is 13.0 Å². The number of ether oxygens (including phenoxy) is 1. The van der Waals surface area contributed by atoms with Gasteiger partial charge in [0.15, 0.2) is 0 Å². The van der Waals surface area contributed by atoms with Crippen LogP contribution in [0.25, 0.3) is 0 Å². The van der Waals surface area contributed by atoms with E-state index in [0.29, 0.717) is 6.54 Å². The Morgan fingerprint density at radius 3 is 2.63 bits per heavy atom. The molecule has 4 rings (SSSR count). The van der Waals surface area contributed by atoms with E-state index in [4.69, 9.17) is 4.74 Å². The smallest absolute Gasteiger partial charge is 0.254 e. The molecule has 30 heavy (non-hydrogen) atoms. The largest absolute Gasteiger partial charge is 0.485 e. The molecule has 2 heterocycles. The van der Waals surface area contributed by atoms with E-state index < -0.39 is 0 Å². The molecule has 0 bridgehead atoms. The van der Waals surface area contributed by atoms with Gasteiger partial charge in [-0.15, -0.1) is 11.3 Å². The molecule has 1 aliphatic heterocycles. The van der Waals surface area contributed by atoms with Crippen molar-refractivity contribution in [2.45, 2.75) is 25.5 Å². The highest BCUT2D eigenvalue weighted by atomic mass is 32.1. The zero-order valence-electron chi connectivity index (χ0n) is 17.1. The van der Waals surface area contributed by atoms with Gasteiger partial charge in [-0.1, -0.05) is 36.4 Å². The Labute approximate surface area is 189 Å². The van der Waals surface area contributed by atoms with Gasteiger partial charge in [0, 0.05) is 30.0 Å². The second kappa shape index (κ2) is 10.7. The zero-order chi connectivity index (χ0) is 20.1. The van der Waals surface area contributed by atoms with Crippen LogP contribution >= 0.6 is 24.8 Å². The van der Waals surface area contributed by atoms with E-state index in [1.54, 1.807) is 11.3 Å². The third-order valence-corrected chi connectivity index (χ3v) is 6.24. The van der Waals surface area contributed by atoms with Gasteiger partial charge in [0.1, 0.15) is 11.9 Å². The topological polar surface area (TPSA) is 41.6 Å². The lowest BCUT2D eigenvalue weighted by atomic mass is 9.99. The van der Waals surface area contributed by atoms with Crippen LogP contribution in [0.4, 0.5) is 0 Å². The van der Waals surface area contributed by atoms with Crippen molar-refractivity contribution < 1.29 is 9.53 Å². The van der Waals surface area contributed by atoms with Crippen molar-refractivity contribution in [1.82, 2.24) is 10.2 Å². The quantitative estimate of drug-likeness (QED) is 0.548. The standard InChI is InChI=1S/C24H26N2O2S.H2S/c1-25-14-12-22(23-7-4-16-29-23)28-20-10-8-18(9-11-20)17-26-15-13-19-5-2-3-6-21(19)24(26)27;/h2-11,16,22,25H,12-15,17H2,1H3;1H2/t22-;/m0./s1. The van der Waals surface area contributed by atoms with Crippen LogP contribution in [0, 0.1) is 0 Å². The summed E-state index contributed by atoms with van der Waals surface area (Å²) in [6.45, 7) is 2.29. The summed E-state index contributed by atoms with van der Waals surface area (Å²) in [4.78, 5) is 15.9. The molecule has 6 heteroatoms. The van der Waals surface area contributed by atoms with Gasteiger partial charge >= 0.3 is 0 Å². The van der Waals surface area contributed by atoms with Crippen LogP contribution in [-0.4, -0.2) is 30.9 Å². The minimum Gasteiger partial charge on any atom is -0.485 e. The lowest BCUT2D eigenvalue weighted by molar-refractivity contribution is 0.0727. The summed E-state index contributed by atoms with van der Waals surface area (Å²) >= 11 is 1.72. The van der Waals surface area contributed by atoms with Gasteiger partial charge < -0.3 is 15.0 Å². The maximum Gasteiger partial charge on any atom is 0.254 e. The Kier molecular flexibility index (Phi) is 7.96. The molecule has 1 amide bonds. The fourth-order valence-corrected chi connectivity index (χ4v) is 4.48. The highest BCUT2D eigenvalue weighted by Gasteiger charge is 2.23. The summed E-state index contributed by atoms with van der Waals surface area (Å²) in [6, 6.07) is 20.2. The van der Waals surface area contributed by atoms with Gasteiger partial charge in [-0.25, -0.2) is 0 Å². The van der Waals surface area contributed by atoms with Crippen molar-refractivity contribution in [2.24, 2.45) is 0 Å². The molecule has 0 fully saturated rings. The Morgan fingerprint density at radius 1 is 1.10 bits per heavy atom. The predicted molar refractivity (Wildman–Crippen MR) is 128 cm³/mol. The number of nitrogens with one attached hydrogen (secondary N) is 1. The fraction of sp³-hybridized carbons (Fsp3) is 0.292. The van der Waals surface area contributed by atoms with E-state index in [1.165, 1.54) is 4.88 Å². The van der Waals surface area contributed by atoms with Crippen LogP contribution < -0.4 is 10.1 Å². The van der Waals surface area contributed by atoms with Crippen molar-refractivity contribution in [2.75, 3.05) is 20.1 Å². The van der Waals surface area contributed by atoms with Gasteiger partial charge in [0.2, 0.25) is 0 Å². The molecule has 0 saturated carbocycles. The number of amides is 1. The monoisotopic (exact) mass is 440 g/mol. The van der Waals surface area contributed by atoms with Crippen LogP contribution in [0.15, 0.2) is 66.0 Å². The number of rotatable bonds is 8. The summed E-state index contributed by atoms with van der Waals surface area (Å²) in [7, 11) is 1.96. The van der Waals surface area contributed by atoms with Crippen molar-refractivity contribution in [3.8, 4) is 5.75 Å². The molecule has 4 nitrogen and oxygen atoms in total. The van der Waals surface area contributed by atoms with Crippen molar-refractivity contribution in [3.63, 3.8) is 0 Å². The van der Waals surface area contributed by atoms with Gasteiger partial charge in [0.25, 0.3) is 5.91 Å². The summed E-state index contributed by atoms with van der Waals surface area (Å²) in [5, 5.41) is 5.28. The molecule has 0 spiro atoms. The number of carbonyl (C=O) groups excluding carboxylic acids is 1. The van der Waals surface area contributed by atoms with Gasteiger partial charge in [-0.2, -0.15) is 13.5 Å². The molecule has 2 aromatic carbocycles. The van der Waals surface area contributed by atoms with Gasteiger partial charge in [-0.05, 0) is 60.8 Å². The van der Waals surface area contributed by atoms with E-state index in [2.05, 4.69) is 41.0 Å². The van der Waals surface area contributed by atoms with Crippen molar-refractivity contribution in [1.29, 1.82) is 0 Å². The summed E-state index contributed by atoms with van der Waals surface area (Å²) in [6.07, 6.45) is 1.88. The van der Waals surface area contributed by atoms with Crippen LogP contribution in [0.2, 0.25) is 0 Å². The lowest BCUT2D eigenvalue weighted by Gasteiger charge is -2.28. The number of carbonyl (C=O) groups is 1. The molecular weight excluding hydrogens is 412 g/mol. The summed E-state index contributed by atoms with van der Waals surface area (Å²) in [5.41, 5.74) is 3.11. The normalized spacial score (nSPS) is 14.0. The number of thiophene rings is 1. The first kappa shape index (κ1) is 22.4. The molecule has 0 saturated heterocycles. The molecule has 0 radical (unpaired) electrons. The van der Waals surface area contributed by atoms with Gasteiger partial charge in [0.05, 0.1) is 0 Å². The minimum absolute atomic E-state index is 0. The second-order valence-corrected chi connectivity index (χ2v) is 8.27. The Hall–Kier alpha value is -2.28. The summed E-state index contributed by atoms with van der Waals surface area (Å²) < 4.78 is 6.26. The first-order chi connectivity index (χ1) is 14.2. The predicted octanol–water partition coefficient (Wildman–Crippen LogP) is 4.79. The molecular formula is C24H28N2O2S2. The van der Waals surface area contributed by atoms with E-state index in [0.717, 1.165) is 48.4 Å². The molecule has 0 aliphatic carbocycles. The second-order valence-electron chi connectivity index (χ2n) is 7.29. The third kappa shape index (κ3) is 5.25. The number of nitrogens with zero attached hydrogens (tertiary/aromatic N) is 1. The molecule has 1 aliphatic rings. The van der Waals surface area contributed by atoms with Crippen LogP contribution in [0.3, 0.4) is 0 Å². The Bertz CT molecular complexity index is 942. The Balaban J connectivity index is 0.00000256. The SMILES string of the molecule is CNCC[C@H](Oc1ccc(CN2CCc3ccccc3C2=O)cc1)c1cccs1.S. The lowest BCUT2D eigenvalue weighted by Crippen LogP contribution is -2.36. The van der Waals surface area contributed by atoms with E-state index in [1.807, 2.05) is 42.3 Å². The number of hydrogen-bond acceptors (Lipinski definition) is 4. The number of fused-ring (bicyclic) bond motifs is 1. The molecule has 158 valence electrons. The molecule has 0 unspecified atom stereocenters. The Morgan fingerprint density at radius 2 is 1.90 bits per heavy atom. The van der Waals surface area contributed by atoms with Gasteiger partial charge in [-0.3, -0.25) is 4.79 Å².